The Bertz CT molecular complexity index is 740. The maximum Gasteiger partial charge on any atom is 0.141 e. The molecule has 138 valence electrons. The number of aryl methyl sites for hydroxylation is 2. The van der Waals surface area contributed by atoms with Gasteiger partial charge in [0, 0.05) is 43.5 Å². The number of hydrogen-bond donors (Lipinski definition) is 2. The van der Waals surface area contributed by atoms with E-state index in [1.165, 1.54) is 10.4 Å². The Morgan fingerprint density at radius 2 is 2.00 bits per heavy atom. The lowest BCUT2D eigenvalue weighted by Crippen LogP contribution is -2.43. The van der Waals surface area contributed by atoms with Crippen molar-refractivity contribution in [2.24, 2.45) is 11.1 Å². The summed E-state index contributed by atoms with van der Waals surface area (Å²) in [6, 6.07) is 0. The Balaban J connectivity index is 2.00. The van der Waals surface area contributed by atoms with Gasteiger partial charge in [-0.05, 0) is 38.8 Å². The van der Waals surface area contributed by atoms with Gasteiger partial charge in [-0.1, -0.05) is 0 Å². The maximum atomic E-state index is 10.0. The van der Waals surface area contributed by atoms with E-state index < -0.39 is 0 Å². The minimum atomic E-state index is -0.128. The molecule has 0 amide bonds. The van der Waals surface area contributed by atoms with Gasteiger partial charge in [0.2, 0.25) is 0 Å². The zero-order valence-corrected chi connectivity index (χ0v) is 16.2. The number of rotatable bonds is 6. The average molecular weight is 365 g/mol. The molecule has 0 atom stereocenters. The molecule has 25 heavy (non-hydrogen) atoms. The molecule has 0 bridgehead atoms. The number of aromatic nitrogens is 2. The van der Waals surface area contributed by atoms with E-state index in [9.17, 15) is 5.11 Å². The summed E-state index contributed by atoms with van der Waals surface area (Å²) in [6.45, 7) is 7.15. The summed E-state index contributed by atoms with van der Waals surface area (Å²) < 4.78 is 5.49. The van der Waals surface area contributed by atoms with Crippen molar-refractivity contribution in [2.45, 2.75) is 33.1 Å². The molecule has 0 unspecified atom stereocenters. The highest BCUT2D eigenvalue weighted by molar-refractivity contribution is 7.18. The van der Waals surface area contributed by atoms with Crippen molar-refractivity contribution < 1.29 is 9.84 Å². The van der Waals surface area contributed by atoms with Gasteiger partial charge >= 0.3 is 0 Å². The Morgan fingerprint density at radius 3 is 2.64 bits per heavy atom. The van der Waals surface area contributed by atoms with Crippen molar-refractivity contribution in [3.63, 3.8) is 0 Å². The lowest BCUT2D eigenvalue weighted by Gasteiger charge is -2.39. The van der Waals surface area contributed by atoms with E-state index in [1.807, 2.05) is 0 Å². The van der Waals surface area contributed by atoms with E-state index in [-0.39, 0.29) is 12.0 Å². The molecule has 1 fully saturated rings. The zero-order chi connectivity index (χ0) is 18.0. The molecule has 1 aliphatic rings. The quantitative estimate of drug-likeness (QED) is 0.816. The molecule has 0 saturated carbocycles. The first-order chi connectivity index (χ1) is 12.0. The number of nitrogens with zero attached hydrogens (tertiary/aromatic N) is 3. The number of anilines is 1. The van der Waals surface area contributed by atoms with Crippen molar-refractivity contribution >= 4 is 27.4 Å². The smallest absolute Gasteiger partial charge is 0.141 e. The number of aliphatic hydroxyl groups is 1. The molecule has 0 spiro atoms. The summed E-state index contributed by atoms with van der Waals surface area (Å²) in [4.78, 5) is 14.0. The van der Waals surface area contributed by atoms with E-state index in [0.29, 0.717) is 26.2 Å². The summed E-state index contributed by atoms with van der Waals surface area (Å²) in [6.07, 6.45) is 2.42. The molecule has 1 aliphatic heterocycles. The summed E-state index contributed by atoms with van der Waals surface area (Å²) in [5.74, 6) is 1.75. The van der Waals surface area contributed by atoms with Gasteiger partial charge in [-0.15, -0.1) is 11.3 Å². The first kappa shape index (κ1) is 18.5. The van der Waals surface area contributed by atoms with E-state index in [0.717, 1.165) is 41.2 Å². The lowest BCUT2D eigenvalue weighted by atomic mass is 9.80. The van der Waals surface area contributed by atoms with Gasteiger partial charge in [0.1, 0.15) is 16.5 Å². The van der Waals surface area contributed by atoms with Crippen LogP contribution in [-0.2, 0) is 11.2 Å². The predicted octanol–water partition coefficient (Wildman–Crippen LogP) is 2.03. The summed E-state index contributed by atoms with van der Waals surface area (Å²) in [5, 5.41) is 11.1. The molecular weight excluding hydrogens is 336 g/mol. The number of aliphatic hydroxyl groups excluding tert-OH is 1. The SMILES string of the molecule is Cc1sc2nc(CCN)nc(N(C)CC3(CO)CCOCC3)c2c1C. The summed E-state index contributed by atoms with van der Waals surface area (Å²) in [7, 11) is 2.06. The normalized spacial score (nSPS) is 17.2. The first-order valence-corrected chi connectivity index (χ1v) is 9.68. The zero-order valence-electron chi connectivity index (χ0n) is 15.3. The minimum Gasteiger partial charge on any atom is -0.396 e. The molecular formula is C18H28N4O2S. The molecule has 2 aromatic heterocycles. The molecule has 0 aliphatic carbocycles. The van der Waals surface area contributed by atoms with Gasteiger partial charge in [-0.2, -0.15) is 0 Å². The van der Waals surface area contributed by atoms with Gasteiger partial charge < -0.3 is 20.5 Å². The van der Waals surface area contributed by atoms with Gasteiger partial charge in [0.25, 0.3) is 0 Å². The topological polar surface area (TPSA) is 84.5 Å². The molecule has 3 heterocycles. The predicted molar refractivity (Wildman–Crippen MR) is 102 cm³/mol. The number of hydrogen-bond acceptors (Lipinski definition) is 7. The van der Waals surface area contributed by atoms with Crippen LogP contribution in [0.25, 0.3) is 10.2 Å². The Labute approximate surface area is 153 Å². The van der Waals surface area contributed by atoms with Crippen LogP contribution < -0.4 is 10.6 Å². The van der Waals surface area contributed by atoms with E-state index in [4.69, 9.17) is 20.4 Å². The molecule has 0 radical (unpaired) electrons. The van der Waals surface area contributed by atoms with E-state index in [1.54, 1.807) is 11.3 Å². The summed E-state index contributed by atoms with van der Waals surface area (Å²) >= 11 is 1.71. The van der Waals surface area contributed by atoms with Gasteiger partial charge in [0.05, 0.1) is 12.0 Å². The summed E-state index contributed by atoms with van der Waals surface area (Å²) in [5.41, 5.74) is 6.83. The Hall–Kier alpha value is -1.28. The molecule has 1 saturated heterocycles. The molecule has 7 heteroatoms. The van der Waals surface area contributed by atoms with E-state index >= 15 is 0 Å². The fourth-order valence-corrected chi connectivity index (χ4v) is 4.58. The highest BCUT2D eigenvalue weighted by Gasteiger charge is 2.34. The maximum absolute atomic E-state index is 10.0. The minimum absolute atomic E-state index is 0.128. The van der Waals surface area contributed by atoms with Crippen LogP contribution >= 0.6 is 11.3 Å². The molecule has 0 aromatic carbocycles. The Morgan fingerprint density at radius 1 is 1.28 bits per heavy atom. The molecule has 3 rings (SSSR count). The number of fused-ring (bicyclic) bond motifs is 1. The van der Waals surface area contributed by atoms with Crippen LogP contribution in [0.4, 0.5) is 5.82 Å². The molecule has 2 aromatic rings. The van der Waals surface area contributed by atoms with Crippen molar-refractivity contribution in [1.29, 1.82) is 0 Å². The van der Waals surface area contributed by atoms with Gasteiger partial charge in [0.15, 0.2) is 0 Å². The number of nitrogens with two attached hydrogens (primary N) is 1. The number of ether oxygens (including phenoxy) is 1. The first-order valence-electron chi connectivity index (χ1n) is 8.86. The highest BCUT2D eigenvalue weighted by Crippen LogP contribution is 2.37. The van der Waals surface area contributed by atoms with Crippen LogP contribution in [0.2, 0.25) is 0 Å². The third-order valence-corrected chi connectivity index (χ3v) is 6.35. The third kappa shape index (κ3) is 3.65. The van der Waals surface area contributed by atoms with Crippen LogP contribution in [0.3, 0.4) is 0 Å². The van der Waals surface area contributed by atoms with Crippen LogP contribution in [0.5, 0.6) is 0 Å². The third-order valence-electron chi connectivity index (χ3n) is 5.25. The van der Waals surface area contributed by atoms with Crippen LogP contribution in [0, 0.1) is 19.3 Å². The average Bonchev–Trinajstić information content (AvgIpc) is 2.89. The number of thiophene rings is 1. The van der Waals surface area contributed by atoms with Crippen LogP contribution in [-0.4, -0.2) is 55.0 Å². The fraction of sp³-hybridized carbons (Fsp3) is 0.667. The van der Waals surface area contributed by atoms with Crippen molar-refractivity contribution in [3.8, 4) is 0 Å². The second kappa shape index (κ2) is 7.53. The second-order valence-electron chi connectivity index (χ2n) is 7.09. The van der Waals surface area contributed by atoms with Crippen LogP contribution in [0.15, 0.2) is 0 Å². The Kier molecular flexibility index (Phi) is 5.58. The molecule has 3 N–H and O–H groups in total. The highest BCUT2D eigenvalue weighted by atomic mass is 32.1. The standard InChI is InChI=1S/C18H28N4O2S/c1-12-13(2)25-17-15(12)16(20-14(21-17)4-7-19)22(3)10-18(11-23)5-8-24-9-6-18/h23H,4-11,19H2,1-3H3. The second-order valence-corrected chi connectivity index (χ2v) is 8.30. The largest absolute Gasteiger partial charge is 0.396 e. The van der Waals surface area contributed by atoms with Gasteiger partial charge in [-0.25, -0.2) is 9.97 Å². The van der Waals surface area contributed by atoms with Gasteiger partial charge in [-0.3, -0.25) is 0 Å². The fourth-order valence-electron chi connectivity index (χ4n) is 3.54. The van der Waals surface area contributed by atoms with Crippen molar-refractivity contribution in [3.05, 3.63) is 16.3 Å². The van der Waals surface area contributed by atoms with E-state index in [2.05, 4.69) is 25.8 Å². The monoisotopic (exact) mass is 364 g/mol. The lowest BCUT2D eigenvalue weighted by molar-refractivity contribution is -0.0113. The molecule has 6 nitrogen and oxygen atoms in total. The van der Waals surface area contributed by atoms with Crippen molar-refractivity contribution in [1.82, 2.24) is 9.97 Å². The van der Waals surface area contributed by atoms with Crippen LogP contribution in [0.1, 0.15) is 29.1 Å². The van der Waals surface area contributed by atoms with Crippen molar-refractivity contribution in [2.75, 3.05) is 44.9 Å².